The summed E-state index contributed by atoms with van der Waals surface area (Å²) in [5, 5.41) is 8.72. The fourth-order valence-corrected chi connectivity index (χ4v) is 4.63. The van der Waals surface area contributed by atoms with Crippen molar-refractivity contribution in [2.75, 3.05) is 11.1 Å². The second-order valence-electron chi connectivity index (χ2n) is 8.02. The summed E-state index contributed by atoms with van der Waals surface area (Å²) in [7, 11) is 0. The molecule has 0 atom stereocenters. The SMILES string of the molecule is Cc1cc(NC(=O)CSc2nc3ccccc3c(=O)n2C2CC2)n(-c2ccccc2C)n1. The predicted octanol–water partition coefficient (Wildman–Crippen LogP) is 4.26. The number of nitrogens with one attached hydrogen (secondary N) is 1. The van der Waals surface area contributed by atoms with Crippen LogP contribution in [0.25, 0.3) is 16.6 Å². The highest BCUT2D eigenvalue weighted by molar-refractivity contribution is 7.99. The number of hydrogen-bond acceptors (Lipinski definition) is 5. The molecule has 0 bridgehead atoms. The summed E-state index contributed by atoms with van der Waals surface area (Å²) < 4.78 is 3.50. The minimum absolute atomic E-state index is 0.0331. The molecule has 1 N–H and O–H groups in total. The number of fused-ring (bicyclic) bond motifs is 1. The Morgan fingerprint density at radius 2 is 1.88 bits per heavy atom. The third-order valence-corrected chi connectivity index (χ3v) is 6.42. The highest BCUT2D eigenvalue weighted by Gasteiger charge is 2.28. The number of carbonyl (C=O) groups excluding carboxylic acids is 1. The Bertz CT molecular complexity index is 1390. The van der Waals surface area contributed by atoms with E-state index in [1.165, 1.54) is 11.8 Å². The number of para-hydroxylation sites is 2. The molecule has 2 aromatic carbocycles. The van der Waals surface area contributed by atoms with Crippen LogP contribution in [0.3, 0.4) is 0 Å². The monoisotopic (exact) mass is 445 g/mol. The summed E-state index contributed by atoms with van der Waals surface area (Å²) in [6, 6.07) is 17.3. The smallest absolute Gasteiger partial charge is 0.262 e. The Balaban J connectivity index is 1.38. The first-order chi connectivity index (χ1) is 15.5. The molecule has 1 saturated carbocycles. The van der Waals surface area contributed by atoms with Crippen LogP contribution in [-0.4, -0.2) is 31.0 Å². The minimum Gasteiger partial charge on any atom is -0.310 e. The van der Waals surface area contributed by atoms with Gasteiger partial charge in [-0.15, -0.1) is 0 Å². The number of hydrogen-bond donors (Lipinski definition) is 1. The number of thioether (sulfide) groups is 1. The average molecular weight is 446 g/mol. The summed E-state index contributed by atoms with van der Waals surface area (Å²) in [5.41, 5.74) is 3.42. The molecule has 4 aromatic rings. The second kappa shape index (κ2) is 8.27. The normalized spacial score (nSPS) is 13.4. The van der Waals surface area contributed by atoms with Gasteiger partial charge in [0, 0.05) is 12.1 Å². The van der Waals surface area contributed by atoms with Gasteiger partial charge in [-0.3, -0.25) is 14.2 Å². The lowest BCUT2D eigenvalue weighted by atomic mass is 10.2. The fraction of sp³-hybridized carbons (Fsp3) is 0.250. The lowest BCUT2D eigenvalue weighted by Gasteiger charge is -2.13. The molecule has 32 heavy (non-hydrogen) atoms. The molecule has 8 heteroatoms. The van der Waals surface area contributed by atoms with E-state index in [0.29, 0.717) is 21.9 Å². The van der Waals surface area contributed by atoms with Gasteiger partial charge in [-0.2, -0.15) is 5.10 Å². The highest BCUT2D eigenvalue weighted by atomic mass is 32.2. The first kappa shape index (κ1) is 20.5. The summed E-state index contributed by atoms with van der Waals surface area (Å²) in [5.74, 6) is 0.595. The molecule has 1 amide bonds. The minimum atomic E-state index is -0.172. The Hall–Kier alpha value is -3.39. The number of aryl methyl sites for hydroxylation is 2. The van der Waals surface area contributed by atoms with Crippen LogP contribution in [0.2, 0.25) is 0 Å². The fourth-order valence-electron chi connectivity index (χ4n) is 3.76. The Morgan fingerprint density at radius 1 is 1.12 bits per heavy atom. The summed E-state index contributed by atoms with van der Waals surface area (Å²) in [6.45, 7) is 3.91. The molecule has 7 nitrogen and oxygen atoms in total. The summed E-state index contributed by atoms with van der Waals surface area (Å²) >= 11 is 1.29. The third kappa shape index (κ3) is 3.93. The Kier molecular flexibility index (Phi) is 5.30. The van der Waals surface area contributed by atoms with Crippen molar-refractivity contribution < 1.29 is 4.79 Å². The first-order valence-electron chi connectivity index (χ1n) is 10.6. The van der Waals surface area contributed by atoms with Gasteiger partial charge >= 0.3 is 0 Å². The molecular weight excluding hydrogens is 422 g/mol. The van der Waals surface area contributed by atoms with Gasteiger partial charge in [0.05, 0.1) is 28.0 Å². The number of anilines is 1. The quantitative estimate of drug-likeness (QED) is 0.354. The topological polar surface area (TPSA) is 81.8 Å². The number of rotatable bonds is 6. The molecule has 2 heterocycles. The van der Waals surface area contributed by atoms with E-state index in [-0.39, 0.29) is 23.3 Å². The van der Waals surface area contributed by atoms with E-state index in [2.05, 4.69) is 15.4 Å². The van der Waals surface area contributed by atoms with Gasteiger partial charge in [0.25, 0.3) is 5.56 Å². The van der Waals surface area contributed by atoms with Gasteiger partial charge < -0.3 is 5.32 Å². The van der Waals surface area contributed by atoms with Gasteiger partial charge in [-0.1, -0.05) is 42.1 Å². The number of benzene rings is 2. The van der Waals surface area contributed by atoms with Gasteiger partial charge in [0.1, 0.15) is 5.82 Å². The predicted molar refractivity (Wildman–Crippen MR) is 127 cm³/mol. The zero-order chi connectivity index (χ0) is 22.2. The molecule has 0 unspecified atom stereocenters. The largest absolute Gasteiger partial charge is 0.310 e. The summed E-state index contributed by atoms with van der Waals surface area (Å²) in [4.78, 5) is 30.5. The maximum Gasteiger partial charge on any atom is 0.262 e. The van der Waals surface area contributed by atoms with Crippen LogP contribution in [0.1, 0.15) is 30.1 Å². The van der Waals surface area contributed by atoms with Crippen molar-refractivity contribution >= 4 is 34.4 Å². The van der Waals surface area contributed by atoms with E-state index >= 15 is 0 Å². The highest BCUT2D eigenvalue weighted by Crippen LogP contribution is 2.36. The van der Waals surface area contributed by atoms with Gasteiger partial charge in [-0.25, -0.2) is 9.67 Å². The number of aromatic nitrogens is 4. The van der Waals surface area contributed by atoms with Gasteiger partial charge in [-0.05, 0) is 50.5 Å². The number of carbonyl (C=O) groups is 1. The maximum absolute atomic E-state index is 13.0. The van der Waals surface area contributed by atoms with E-state index in [0.717, 1.165) is 29.8 Å². The third-order valence-electron chi connectivity index (χ3n) is 5.46. The molecule has 5 rings (SSSR count). The maximum atomic E-state index is 13.0. The van der Waals surface area contributed by atoms with Gasteiger partial charge in [0.2, 0.25) is 5.91 Å². The Labute approximate surface area is 189 Å². The van der Waals surface area contributed by atoms with E-state index in [1.54, 1.807) is 15.3 Å². The van der Waals surface area contributed by atoms with Crippen LogP contribution in [0.15, 0.2) is 64.5 Å². The van der Waals surface area contributed by atoms with Crippen molar-refractivity contribution in [3.8, 4) is 5.69 Å². The first-order valence-corrected chi connectivity index (χ1v) is 11.6. The van der Waals surface area contributed by atoms with Crippen molar-refractivity contribution in [2.45, 2.75) is 37.9 Å². The van der Waals surface area contributed by atoms with Crippen LogP contribution >= 0.6 is 11.8 Å². The van der Waals surface area contributed by atoms with Crippen LogP contribution < -0.4 is 10.9 Å². The Morgan fingerprint density at radius 3 is 2.66 bits per heavy atom. The zero-order valence-corrected chi connectivity index (χ0v) is 18.7. The standard InChI is InChI=1S/C24H23N5O2S/c1-15-7-3-6-10-20(15)29-21(13-16(2)27-29)26-22(30)14-32-24-25-19-9-5-4-8-18(19)23(31)28(24)17-11-12-17/h3-10,13,17H,11-12,14H2,1-2H3,(H,26,30). The molecule has 0 spiro atoms. The lowest BCUT2D eigenvalue weighted by molar-refractivity contribution is -0.113. The van der Waals surface area contributed by atoms with Crippen molar-refractivity contribution in [1.82, 2.24) is 19.3 Å². The van der Waals surface area contributed by atoms with E-state index < -0.39 is 0 Å². The average Bonchev–Trinajstić information content (AvgIpc) is 3.55. The van der Waals surface area contributed by atoms with Crippen molar-refractivity contribution in [3.05, 3.63) is 76.2 Å². The molecular formula is C24H23N5O2S. The molecule has 0 saturated heterocycles. The van der Waals surface area contributed by atoms with Crippen LogP contribution in [0.4, 0.5) is 5.82 Å². The second-order valence-corrected chi connectivity index (χ2v) is 8.97. The van der Waals surface area contributed by atoms with Crippen LogP contribution in [0, 0.1) is 13.8 Å². The van der Waals surface area contributed by atoms with E-state index in [4.69, 9.17) is 0 Å². The van der Waals surface area contributed by atoms with Gasteiger partial charge in [0.15, 0.2) is 5.16 Å². The van der Waals surface area contributed by atoms with Crippen molar-refractivity contribution in [2.24, 2.45) is 0 Å². The molecule has 1 aliphatic carbocycles. The zero-order valence-electron chi connectivity index (χ0n) is 17.9. The van der Waals surface area contributed by atoms with Crippen molar-refractivity contribution in [3.63, 3.8) is 0 Å². The number of amides is 1. The molecule has 1 aliphatic rings. The van der Waals surface area contributed by atoms with Crippen LogP contribution in [0.5, 0.6) is 0 Å². The molecule has 2 aromatic heterocycles. The molecule has 1 fully saturated rings. The summed E-state index contributed by atoms with van der Waals surface area (Å²) in [6.07, 6.45) is 1.93. The number of nitrogens with zero attached hydrogens (tertiary/aromatic N) is 4. The van der Waals surface area contributed by atoms with E-state index in [1.807, 2.05) is 62.4 Å². The lowest BCUT2D eigenvalue weighted by Crippen LogP contribution is -2.23. The molecule has 0 aliphatic heterocycles. The van der Waals surface area contributed by atoms with Crippen LogP contribution in [-0.2, 0) is 4.79 Å². The molecule has 0 radical (unpaired) electrons. The molecule has 162 valence electrons. The van der Waals surface area contributed by atoms with Crippen molar-refractivity contribution in [1.29, 1.82) is 0 Å². The van der Waals surface area contributed by atoms with E-state index in [9.17, 15) is 9.59 Å².